The molecule has 0 aromatic carbocycles. The number of likely N-dealkylation sites (tertiary alicyclic amines) is 1. The van der Waals surface area contributed by atoms with Crippen LogP contribution in [0.3, 0.4) is 0 Å². The Balaban J connectivity index is 0.00000108. The molecule has 0 aromatic heterocycles. The number of hydrogen-bond acceptors (Lipinski definition) is 2. The predicted octanol–water partition coefficient (Wildman–Crippen LogP) is 1.65. The zero-order valence-corrected chi connectivity index (χ0v) is 11.3. The lowest BCUT2D eigenvalue weighted by Gasteiger charge is -2.23. The summed E-state index contributed by atoms with van der Waals surface area (Å²) in [5.41, 5.74) is 5.96. The summed E-state index contributed by atoms with van der Waals surface area (Å²) in [6.45, 7) is 4.73. The highest BCUT2D eigenvalue weighted by Gasteiger charge is 2.58. The second kappa shape index (κ2) is 4.43. The average molecular weight is 259 g/mol. The minimum Gasteiger partial charge on any atom is -0.342 e. The van der Waals surface area contributed by atoms with Crippen LogP contribution in [0.2, 0.25) is 0 Å². The fraction of sp³-hybridized carbons (Fsp3) is 0.923. The van der Waals surface area contributed by atoms with Gasteiger partial charge in [-0.25, -0.2) is 0 Å². The summed E-state index contributed by atoms with van der Waals surface area (Å²) in [6, 6.07) is 0. The van der Waals surface area contributed by atoms with E-state index in [-0.39, 0.29) is 17.8 Å². The van der Waals surface area contributed by atoms with Crippen LogP contribution in [0, 0.1) is 23.2 Å². The molecule has 0 spiro atoms. The molecule has 3 aliphatic rings. The van der Waals surface area contributed by atoms with Crippen LogP contribution in [0.5, 0.6) is 0 Å². The Morgan fingerprint density at radius 1 is 1.41 bits per heavy atom. The number of carbonyl (C=O) groups excluding carboxylic acids is 1. The van der Waals surface area contributed by atoms with Crippen LogP contribution in [0.1, 0.15) is 32.6 Å². The molecule has 0 radical (unpaired) electrons. The van der Waals surface area contributed by atoms with Gasteiger partial charge in [0.15, 0.2) is 0 Å². The summed E-state index contributed by atoms with van der Waals surface area (Å²) in [7, 11) is 0. The SMILES string of the molecule is CC1(CN)CCN(C(=O)C2C3CCCC32)C1.Cl. The molecule has 1 heterocycles. The fourth-order valence-corrected chi connectivity index (χ4v) is 3.78. The molecule has 2 N–H and O–H groups in total. The Labute approximate surface area is 110 Å². The smallest absolute Gasteiger partial charge is 0.226 e. The van der Waals surface area contributed by atoms with Crippen molar-refractivity contribution in [3.63, 3.8) is 0 Å². The van der Waals surface area contributed by atoms with Crippen molar-refractivity contribution in [2.75, 3.05) is 19.6 Å². The molecular weight excluding hydrogens is 236 g/mol. The third kappa shape index (κ3) is 2.08. The van der Waals surface area contributed by atoms with Crippen molar-refractivity contribution in [3.05, 3.63) is 0 Å². The number of nitrogens with zero attached hydrogens (tertiary/aromatic N) is 1. The third-order valence-electron chi connectivity index (χ3n) is 5.05. The first-order chi connectivity index (χ1) is 7.64. The van der Waals surface area contributed by atoms with Gasteiger partial charge in [0.1, 0.15) is 0 Å². The van der Waals surface area contributed by atoms with Gasteiger partial charge < -0.3 is 10.6 Å². The van der Waals surface area contributed by atoms with Gasteiger partial charge >= 0.3 is 0 Å². The molecule has 1 aliphatic heterocycles. The maximum atomic E-state index is 12.3. The second-order valence-electron chi connectivity index (χ2n) is 6.31. The van der Waals surface area contributed by atoms with E-state index in [9.17, 15) is 4.79 Å². The van der Waals surface area contributed by atoms with Crippen molar-refractivity contribution in [2.45, 2.75) is 32.6 Å². The average Bonchev–Trinajstić information content (AvgIpc) is 2.70. The van der Waals surface area contributed by atoms with Gasteiger partial charge in [-0.2, -0.15) is 0 Å². The number of rotatable bonds is 2. The molecule has 17 heavy (non-hydrogen) atoms. The Morgan fingerprint density at radius 2 is 2.06 bits per heavy atom. The topological polar surface area (TPSA) is 46.3 Å². The summed E-state index contributed by atoms with van der Waals surface area (Å²) in [6.07, 6.45) is 5.02. The molecule has 3 unspecified atom stereocenters. The van der Waals surface area contributed by atoms with Crippen molar-refractivity contribution in [3.8, 4) is 0 Å². The highest BCUT2D eigenvalue weighted by atomic mass is 35.5. The predicted molar refractivity (Wildman–Crippen MR) is 69.9 cm³/mol. The van der Waals surface area contributed by atoms with Crippen molar-refractivity contribution in [2.24, 2.45) is 28.9 Å². The zero-order valence-electron chi connectivity index (χ0n) is 10.5. The molecule has 2 aliphatic carbocycles. The Hall–Kier alpha value is -0.280. The van der Waals surface area contributed by atoms with E-state index >= 15 is 0 Å². The number of hydrogen-bond donors (Lipinski definition) is 1. The fourth-order valence-electron chi connectivity index (χ4n) is 3.78. The molecule has 3 fully saturated rings. The van der Waals surface area contributed by atoms with Crippen LogP contribution in [-0.4, -0.2) is 30.4 Å². The second-order valence-corrected chi connectivity index (χ2v) is 6.31. The molecular formula is C13H23ClN2O. The van der Waals surface area contributed by atoms with Crippen LogP contribution in [0.4, 0.5) is 0 Å². The van der Waals surface area contributed by atoms with Gasteiger partial charge in [-0.15, -0.1) is 12.4 Å². The summed E-state index contributed by atoms with van der Waals surface area (Å²) >= 11 is 0. The van der Waals surface area contributed by atoms with E-state index in [0.717, 1.165) is 31.3 Å². The molecule has 4 heteroatoms. The quantitative estimate of drug-likeness (QED) is 0.819. The molecule has 0 bridgehead atoms. The lowest BCUT2D eigenvalue weighted by atomic mass is 9.90. The normalized spacial score (nSPS) is 43.2. The van der Waals surface area contributed by atoms with Crippen LogP contribution < -0.4 is 5.73 Å². The molecule has 1 amide bonds. The van der Waals surface area contributed by atoms with E-state index in [0.29, 0.717) is 18.4 Å². The van der Waals surface area contributed by atoms with Gasteiger partial charge in [-0.3, -0.25) is 4.79 Å². The number of halogens is 1. The lowest BCUT2D eigenvalue weighted by Crippen LogP contribution is -2.35. The van der Waals surface area contributed by atoms with E-state index < -0.39 is 0 Å². The van der Waals surface area contributed by atoms with Crippen molar-refractivity contribution in [1.82, 2.24) is 4.90 Å². The van der Waals surface area contributed by atoms with E-state index in [1.807, 2.05) is 0 Å². The number of carbonyl (C=O) groups is 1. The minimum atomic E-state index is 0. The monoisotopic (exact) mass is 258 g/mol. The van der Waals surface area contributed by atoms with Gasteiger partial charge in [-0.05, 0) is 43.1 Å². The molecule has 1 saturated heterocycles. The maximum absolute atomic E-state index is 12.3. The number of nitrogens with two attached hydrogens (primary N) is 1. The first-order valence-electron chi connectivity index (χ1n) is 6.63. The van der Waals surface area contributed by atoms with Crippen molar-refractivity contribution < 1.29 is 4.79 Å². The highest BCUT2D eigenvalue weighted by Crippen LogP contribution is 2.58. The van der Waals surface area contributed by atoms with E-state index in [4.69, 9.17) is 5.73 Å². The van der Waals surface area contributed by atoms with Gasteiger partial charge in [0.05, 0.1) is 0 Å². The van der Waals surface area contributed by atoms with Crippen molar-refractivity contribution >= 4 is 18.3 Å². The molecule has 3 rings (SSSR count). The van der Waals surface area contributed by atoms with Crippen LogP contribution in [0.25, 0.3) is 0 Å². The largest absolute Gasteiger partial charge is 0.342 e. The summed E-state index contributed by atoms with van der Waals surface area (Å²) < 4.78 is 0. The van der Waals surface area contributed by atoms with Gasteiger partial charge in [0.2, 0.25) is 5.91 Å². The van der Waals surface area contributed by atoms with Crippen molar-refractivity contribution in [1.29, 1.82) is 0 Å². The molecule has 98 valence electrons. The van der Waals surface area contributed by atoms with Crippen LogP contribution in [-0.2, 0) is 4.79 Å². The maximum Gasteiger partial charge on any atom is 0.226 e. The van der Waals surface area contributed by atoms with Crippen LogP contribution in [0.15, 0.2) is 0 Å². The first-order valence-corrected chi connectivity index (χ1v) is 6.63. The Morgan fingerprint density at radius 3 is 2.59 bits per heavy atom. The van der Waals surface area contributed by atoms with Gasteiger partial charge in [0.25, 0.3) is 0 Å². The van der Waals surface area contributed by atoms with E-state index in [2.05, 4.69) is 11.8 Å². The molecule has 2 saturated carbocycles. The molecule has 3 atom stereocenters. The van der Waals surface area contributed by atoms with Gasteiger partial charge in [0, 0.05) is 19.0 Å². The number of fused-ring (bicyclic) bond motifs is 1. The molecule has 0 aromatic rings. The standard InChI is InChI=1S/C13H22N2O.ClH/c1-13(7-14)5-6-15(8-13)12(16)11-9-3-2-4-10(9)11;/h9-11H,2-8,14H2,1H3;1H. The number of amides is 1. The zero-order chi connectivity index (χ0) is 11.3. The summed E-state index contributed by atoms with van der Waals surface area (Å²) in [5.74, 6) is 2.33. The first kappa shape index (κ1) is 13.2. The van der Waals surface area contributed by atoms with E-state index in [1.54, 1.807) is 0 Å². The van der Waals surface area contributed by atoms with Gasteiger partial charge in [-0.1, -0.05) is 13.3 Å². The van der Waals surface area contributed by atoms with Crippen LogP contribution >= 0.6 is 12.4 Å². The van der Waals surface area contributed by atoms with E-state index in [1.165, 1.54) is 19.3 Å². The third-order valence-corrected chi connectivity index (χ3v) is 5.05. The minimum absolute atomic E-state index is 0. The summed E-state index contributed by atoms with van der Waals surface area (Å²) in [4.78, 5) is 14.4. The Bertz CT molecular complexity index is 313. The summed E-state index contributed by atoms with van der Waals surface area (Å²) in [5, 5.41) is 0. The Kier molecular flexibility index (Phi) is 3.43. The lowest BCUT2D eigenvalue weighted by molar-refractivity contribution is -0.132. The molecule has 3 nitrogen and oxygen atoms in total. The highest BCUT2D eigenvalue weighted by molar-refractivity contribution is 5.85.